The minimum Gasteiger partial charge on any atom is -0.322 e. The molecule has 2 aliphatic rings. The third-order valence-electron chi connectivity index (χ3n) is 5.14. The van der Waals surface area contributed by atoms with E-state index in [0.717, 1.165) is 0 Å². The predicted molar refractivity (Wildman–Crippen MR) is 108 cm³/mol. The Hall–Kier alpha value is -2.28. The summed E-state index contributed by atoms with van der Waals surface area (Å²) in [6.07, 6.45) is 0.283. The number of benzene rings is 2. The fraction of sp³-hybridized carbons (Fsp3) is 0.211. The quantitative estimate of drug-likeness (QED) is 0.764. The average molecular weight is 439 g/mol. The van der Waals surface area contributed by atoms with Crippen LogP contribution in [0.2, 0.25) is 15.1 Å². The first-order valence-electron chi connectivity index (χ1n) is 8.43. The van der Waals surface area contributed by atoms with E-state index in [0.29, 0.717) is 27.0 Å². The lowest BCUT2D eigenvalue weighted by atomic mass is 9.96. The van der Waals surface area contributed by atoms with E-state index in [1.54, 1.807) is 24.3 Å². The molecule has 2 heterocycles. The number of hydrogen-bond donors (Lipinski definition) is 1. The molecule has 144 valence electrons. The van der Waals surface area contributed by atoms with Crippen LogP contribution in [0.1, 0.15) is 23.2 Å². The number of likely N-dealkylation sites (N-methyl/N-ethyl adjacent to an activating group) is 1. The van der Waals surface area contributed by atoms with Gasteiger partial charge in [0.05, 0.1) is 21.3 Å². The van der Waals surface area contributed by atoms with Crippen LogP contribution in [-0.4, -0.2) is 35.3 Å². The molecule has 0 aromatic heterocycles. The van der Waals surface area contributed by atoms with E-state index in [9.17, 15) is 14.4 Å². The van der Waals surface area contributed by atoms with E-state index in [4.69, 9.17) is 34.8 Å². The van der Waals surface area contributed by atoms with Crippen LogP contribution in [0.5, 0.6) is 0 Å². The molecular formula is C19H14Cl3N3O3. The molecule has 1 unspecified atom stereocenters. The number of halogens is 3. The predicted octanol–water partition coefficient (Wildman–Crippen LogP) is 4.19. The van der Waals surface area contributed by atoms with Crippen LogP contribution in [0, 0.1) is 0 Å². The Morgan fingerprint density at radius 3 is 2.54 bits per heavy atom. The molecule has 0 aliphatic carbocycles. The van der Waals surface area contributed by atoms with Crippen LogP contribution in [0.15, 0.2) is 36.4 Å². The van der Waals surface area contributed by atoms with Crippen LogP contribution in [0.3, 0.4) is 0 Å². The smallest absolute Gasteiger partial charge is 0.271 e. The Morgan fingerprint density at radius 2 is 1.82 bits per heavy atom. The van der Waals surface area contributed by atoms with Crippen molar-refractivity contribution in [2.45, 2.75) is 18.5 Å². The Morgan fingerprint density at radius 1 is 1.07 bits per heavy atom. The van der Waals surface area contributed by atoms with Gasteiger partial charge in [-0.2, -0.15) is 0 Å². The SMILES string of the molecule is CN1C(=O)c2ccc(Cl)cc2N2C(=O)CCC12C(=O)Nc1ccc(Cl)c(Cl)c1. The van der Waals surface area contributed by atoms with Gasteiger partial charge in [0.15, 0.2) is 0 Å². The van der Waals surface area contributed by atoms with Crippen molar-refractivity contribution in [2.75, 3.05) is 17.3 Å². The lowest BCUT2D eigenvalue weighted by molar-refractivity contribution is -0.128. The first-order chi connectivity index (χ1) is 13.3. The molecule has 1 saturated heterocycles. The van der Waals surface area contributed by atoms with Gasteiger partial charge in [0.2, 0.25) is 11.6 Å². The standard InChI is InChI=1S/C19H14Cl3N3O3/c1-24-17(27)12-4-2-10(20)8-15(12)25-16(26)6-7-19(24,25)18(28)23-11-3-5-13(21)14(22)9-11/h2-5,8-9H,6-7H2,1H3,(H,23,28). The second kappa shape index (κ2) is 6.65. The van der Waals surface area contributed by atoms with E-state index in [-0.39, 0.29) is 29.7 Å². The van der Waals surface area contributed by atoms with E-state index in [2.05, 4.69) is 5.32 Å². The largest absolute Gasteiger partial charge is 0.322 e. The van der Waals surface area contributed by atoms with Gasteiger partial charge in [0.25, 0.3) is 11.8 Å². The van der Waals surface area contributed by atoms with E-state index in [1.165, 1.54) is 29.0 Å². The first kappa shape index (κ1) is 19.1. The van der Waals surface area contributed by atoms with Crippen molar-refractivity contribution in [1.82, 2.24) is 4.90 Å². The monoisotopic (exact) mass is 437 g/mol. The summed E-state index contributed by atoms with van der Waals surface area (Å²) in [7, 11) is 1.51. The van der Waals surface area contributed by atoms with E-state index < -0.39 is 11.6 Å². The Labute approximate surface area is 175 Å². The molecule has 0 saturated carbocycles. The average Bonchev–Trinajstić information content (AvgIpc) is 3.01. The first-order valence-corrected chi connectivity index (χ1v) is 9.56. The summed E-state index contributed by atoms with van der Waals surface area (Å²) in [6.45, 7) is 0. The Bertz CT molecular complexity index is 1040. The highest BCUT2D eigenvalue weighted by Gasteiger charge is 2.59. The number of anilines is 2. The van der Waals surface area contributed by atoms with Gasteiger partial charge in [-0.25, -0.2) is 0 Å². The lowest BCUT2D eigenvalue weighted by Gasteiger charge is -2.47. The molecule has 2 aromatic carbocycles. The van der Waals surface area contributed by atoms with Gasteiger partial charge in [0.1, 0.15) is 0 Å². The normalized spacial score (nSPS) is 20.9. The third-order valence-corrected chi connectivity index (χ3v) is 6.11. The molecular weight excluding hydrogens is 425 g/mol. The number of rotatable bonds is 2. The molecule has 0 radical (unpaired) electrons. The number of carbonyl (C=O) groups is 3. The molecule has 3 amide bonds. The van der Waals surface area contributed by atoms with Gasteiger partial charge in [-0.05, 0) is 36.4 Å². The number of hydrogen-bond acceptors (Lipinski definition) is 3. The van der Waals surface area contributed by atoms with Crippen LogP contribution >= 0.6 is 34.8 Å². The van der Waals surface area contributed by atoms with Crippen molar-refractivity contribution in [2.24, 2.45) is 0 Å². The van der Waals surface area contributed by atoms with E-state index in [1.807, 2.05) is 0 Å². The van der Waals surface area contributed by atoms with Crippen LogP contribution in [0.25, 0.3) is 0 Å². The molecule has 1 N–H and O–H groups in total. The molecule has 4 rings (SSSR count). The maximum Gasteiger partial charge on any atom is 0.271 e. The summed E-state index contributed by atoms with van der Waals surface area (Å²) in [4.78, 5) is 41.7. The van der Waals surface area contributed by atoms with Crippen LogP contribution < -0.4 is 10.2 Å². The van der Waals surface area contributed by atoms with Crippen molar-refractivity contribution in [3.63, 3.8) is 0 Å². The summed E-state index contributed by atoms with van der Waals surface area (Å²) < 4.78 is 0. The van der Waals surface area contributed by atoms with Gasteiger partial charge in [-0.3, -0.25) is 19.3 Å². The van der Waals surface area contributed by atoms with Crippen LogP contribution in [0.4, 0.5) is 11.4 Å². The highest BCUT2D eigenvalue weighted by Crippen LogP contribution is 2.45. The van der Waals surface area contributed by atoms with Gasteiger partial charge < -0.3 is 10.2 Å². The number of amides is 3. The highest BCUT2D eigenvalue weighted by atomic mass is 35.5. The zero-order valence-electron chi connectivity index (χ0n) is 14.6. The minimum atomic E-state index is -1.49. The zero-order valence-corrected chi connectivity index (χ0v) is 16.9. The van der Waals surface area contributed by atoms with E-state index >= 15 is 0 Å². The van der Waals surface area contributed by atoms with Crippen molar-refractivity contribution >= 4 is 63.9 Å². The zero-order chi connectivity index (χ0) is 20.2. The molecule has 0 bridgehead atoms. The molecule has 2 aromatic rings. The molecule has 1 fully saturated rings. The van der Waals surface area contributed by atoms with Gasteiger partial charge in [0, 0.05) is 30.6 Å². The molecule has 28 heavy (non-hydrogen) atoms. The lowest BCUT2D eigenvalue weighted by Crippen LogP contribution is -2.68. The molecule has 1 atom stereocenters. The van der Waals surface area contributed by atoms with Crippen molar-refractivity contribution in [3.05, 3.63) is 57.0 Å². The van der Waals surface area contributed by atoms with Crippen LogP contribution in [-0.2, 0) is 9.59 Å². The summed E-state index contributed by atoms with van der Waals surface area (Å²) in [5, 5.41) is 3.76. The highest BCUT2D eigenvalue weighted by molar-refractivity contribution is 6.42. The molecule has 9 heteroatoms. The second-order valence-corrected chi connectivity index (χ2v) is 7.91. The topological polar surface area (TPSA) is 69.7 Å². The Balaban J connectivity index is 1.81. The van der Waals surface area contributed by atoms with Crippen molar-refractivity contribution < 1.29 is 14.4 Å². The molecule has 0 spiro atoms. The van der Waals surface area contributed by atoms with Crippen molar-refractivity contribution in [1.29, 1.82) is 0 Å². The molecule has 6 nitrogen and oxygen atoms in total. The number of carbonyl (C=O) groups excluding carboxylic acids is 3. The third kappa shape index (κ3) is 2.67. The van der Waals surface area contributed by atoms with Crippen molar-refractivity contribution in [3.8, 4) is 0 Å². The number of nitrogens with zero attached hydrogens (tertiary/aromatic N) is 2. The maximum atomic E-state index is 13.4. The summed E-state index contributed by atoms with van der Waals surface area (Å²) in [5.41, 5.74) is -0.425. The fourth-order valence-corrected chi connectivity index (χ4v) is 4.22. The second-order valence-electron chi connectivity index (χ2n) is 6.65. The van der Waals surface area contributed by atoms with Gasteiger partial charge in [-0.15, -0.1) is 0 Å². The summed E-state index contributed by atoms with van der Waals surface area (Å²) >= 11 is 18.0. The fourth-order valence-electron chi connectivity index (χ4n) is 3.75. The molecule has 2 aliphatic heterocycles. The minimum absolute atomic E-state index is 0.123. The number of nitrogens with one attached hydrogen (secondary N) is 1. The van der Waals surface area contributed by atoms with Gasteiger partial charge >= 0.3 is 0 Å². The van der Waals surface area contributed by atoms with Gasteiger partial charge in [-0.1, -0.05) is 34.8 Å². The summed E-state index contributed by atoms with van der Waals surface area (Å²) in [6, 6.07) is 9.33. The number of fused-ring (bicyclic) bond motifs is 3. The summed E-state index contributed by atoms with van der Waals surface area (Å²) in [5.74, 6) is -1.13. The maximum absolute atomic E-state index is 13.4. The Kier molecular flexibility index (Phi) is 4.53.